The number of rotatable bonds is 9. The lowest BCUT2D eigenvalue weighted by Gasteiger charge is -2.16. The summed E-state index contributed by atoms with van der Waals surface area (Å²) in [5, 5.41) is 4.77. The van der Waals surface area contributed by atoms with Crippen molar-refractivity contribution < 1.29 is 9.53 Å². The number of ether oxygens (including phenoxy) is 1. The van der Waals surface area contributed by atoms with E-state index in [0.717, 1.165) is 18.6 Å². The summed E-state index contributed by atoms with van der Waals surface area (Å²) in [6, 6.07) is 14.6. The molecule has 1 heterocycles. The van der Waals surface area contributed by atoms with Gasteiger partial charge in [0.1, 0.15) is 24.4 Å². The molecule has 2 aromatic carbocycles. The number of benzene rings is 2. The molecule has 0 aliphatic rings. The van der Waals surface area contributed by atoms with E-state index in [-0.39, 0.29) is 11.8 Å². The number of hydrogen-bond acceptors (Lipinski definition) is 4. The lowest BCUT2D eigenvalue weighted by molar-refractivity contribution is 0.0907. The standard InChI is InChI=1S/C21H22ClN3O2/c1-16-5-4-6-19(13-16)27-12-3-2-7-20(25-15-23-14-24-25)21(26)17-8-10-18(22)11-9-17/h4-6,8-11,13-15,20H,2-3,7,12H2,1H3. The van der Waals surface area contributed by atoms with Crippen molar-refractivity contribution in [2.24, 2.45) is 0 Å². The molecule has 27 heavy (non-hydrogen) atoms. The van der Waals surface area contributed by atoms with Crippen LogP contribution in [0.2, 0.25) is 5.02 Å². The van der Waals surface area contributed by atoms with Gasteiger partial charge in [0, 0.05) is 10.6 Å². The lowest BCUT2D eigenvalue weighted by Crippen LogP contribution is -2.20. The first-order valence-corrected chi connectivity index (χ1v) is 9.34. The molecule has 0 fully saturated rings. The van der Waals surface area contributed by atoms with E-state index >= 15 is 0 Å². The highest BCUT2D eigenvalue weighted by molar-refractivity contribution is 6.30. The summed E-state index contributed by atoms with van der Waals surface area (Å²) in [6.45, 7) is 2.65. The molecule has 1 atom stereocenters. The van der Waals surface area contributed by atoms with E-state index in [1.807, 2.05) is 31.2 Å². The zero-order chi connectivity index (χ0) is 19.1. The van der Waals surface area contributed by atoms with Crippen LogP contribution in [0.25, 0.3) is 0 Å². The molecule has 140 valence electrons. The molecule has 3 aromatic rings. The minimum absolute atomic E-state index is 0.0109. The fourth-order valence-corrected chi connectivity index (χ4v) is 3.03. The van der Waals surface area contributed by atoms with Crippen molar-refractivity contribution in [2.75, 3.05) is 6.61 Å². The molecule has 0 aliphatic carbocycles. The van der Waals surface area contributed by atoms with E-state index in [4.69, 9.17) is 16.3 Å². The van der Waals surface area contributed by atoms with Gasteiger partial charge in [0.2, 0.25) is 0 Å². The molecule has 0 aliphatic heterocycles. The van der Waals surface area contributed by atoms with Crippen molar-refractivity contribution in [3.63, 3.8) is 0 Å². The predicted octanol–water partition coefficient (Wildman–Crippen LogP) is 4.91. The quantitative estimate of drug-likeness (QED) is 0.389. The van der Waals surface area contributed by atoms with Gasteiger partial charge < -0.3 is 4.74 Å². The molecular weight excluding hydrogens is 362 g/mol. The molecule has 6 heteroatoms. The van der Waals surface area contributed by atoms with Crippen molar-refractivity contribution in [1.29, 1.82) is 0 Å². The Morgan fingerprint density at radius 2 is 2.00 bits per heavy atom. The number of aryl methyl sites for hydroxylation is 1. The normalized spacial score (nSPS) is 11.9. The van der Waals surface area contributed by atoms with E-state index in [9.17, 15) is 4.79 Å². The van der Waals surface area contributed by atoms with Gasteiger partial charge in [-0.05, 0) is 68.1 Å². The second kappa shape index (κ2) is 9.33. The molecule has 0 saturated heterocycles. The van der Waals surface area contributed by atoms with Gasteiger partial charge in [-0.3, -0.25) is 4.79 Å². The van der Waals surface area contributed by atoms with E-state index < -0.39 is 0 Å². The smallest absolute Gasteiger partial charge is 0.187 e. The maximum atomic E-state index is 12.9. The Kier molecular flexibility index (Phi) is 6.60. The van der Waals surface area contributed by atoms with Gasteiger partial charge in [-0.15, -0.1) is 0 Å². The van der Waals surface area contributed by atoms with Gasteiger partial charge in [0.15, 0.2) is 5.78 Å². The SMILES string of the molecule is Cc1cccc(OCCCCC(C(=O)c2ccc(Cl)cc2)n2cncn2)c1. The summed E-state index contributed by atoms with van der Waals surface area (Å²) in [7, 11) is 0. The third kappa shape index (κ3) is 5.41. The van der Waals surface area contributed by atoms with Crippen LogP contribution in [0.1, 0.15) is 41.2 Å². The number of ketones is 1. The van der Waals surface area contributed by atoms with Crippen LogP contribution < -0.4 is 4.74 Å². The lowest BCUT2D eigenvalue weighted by atomic mass is 9.99. The maximum absolute atomic E-state index is 12.9. The van der Waals surface area contributed by atoms with Crippen LogP contribution in [-0.4, -0.2) is 27.2 Å². The second-order valence-electron chi connectivity index (χ2n) is 6.42. The topological polar surface area (TPSA) is 57.0 Å². The third-order valence-electron chi connectivity index (χ3n) is 4.32. The van der Waals surface area contributed by atoms with Gasteiger partial charge in [-0.1, -0.05) is 23.7 Å². The van der Waals surface area contributed by atoms with Crippen LogP contribution in [-0.2, 0) is 0 Å². The summed E-state index contributed by atoms with van der Waals surface area (Å²) in [5.41, 5.74) is 1.79. The summed E-state index contributed by atoms with van der Waals surface area (Å²) in [4.78, 5) is 16.9. The average molecular weight is 384 g/mol. The highest BCUT2D eigenvalue weighted by atomic mass is 35.5. The van der Waals surface area contributed by atoms with Crippen LogP contribution in [0.3, 0.4) is 0 Å². The minimum Gasteiger partial charge on any atom is -0.494 e. The Labute approximate surface area is 164 Å². The monoisotopic (exact) mass is 383 g/mol. The summed E-state index contributed by atoms with van der Waals surface area (Å²) in [5.74, 6) is 0.886. The summed E-state index contributed by atoms with van der Waals surface area (Å²) >= 11 is 5.92. The van der Waals surface area contributed by atoms with Gasteiger partial charge in [0.25, 0.3) is 0 Å². The highest BCUT2D eigenvalue weighted by Crippen LogP contribution is 2.21. The molecule has 0 radical (unpaired) electrons. The Morgan fingerprint density at radius 3 is 2.70 bits per heavy atom. The number of nitrogens with zero attached hydrogens (tertiary/aromatic N) is 3. The highest BCUT2D eigenvalue weighted by Gasteiger charge is 2.22. The molecule has 0 saturated carbocycles. The van der Waals surface area contributed by atoms with Crippen LogP contribution in [0.15, 0.2) is 61.2 Å². The Balaban J connectivity index is 1.56. The average Bonchev–Trinajstić information content (AvgIpc) is 3.19. The molecule has 0 spiro atoms. The fourth-order valence-electron chi connectivity index (χ4n) is 2.90. The van der Waals surface area contributed by atoms with Gasteiger partial charge in [0.05, 0.1) is 6.61 Å². The van der Waals surface area contributed by atoms with E-state index in [1.165, 1.54) is 11.9 Å². The number of aromatic nitrogens is 3. The van der Waals surface area contributed by atoms with Crippen molar-refractivity contribution in [3.05, 3.63) is 77.3 Å². The maximum Gasteiger partial charge on any atom is 0.187 e. The number of halogens is 1. The zero-order valence-corrected chi connectivity index (χ0v) is 16.0. The minimum atomic E-state index is -0.382. The summed E-state index contributed by atoms with van der Waals surface area (Å²) < 4.78 is 7.41. The van der Waals surface area contributed by atoms with Crippen molar-refractivity contribution in [2.45, 2.75) is 32.2 Å². The first-order valence-electron chi connectivity index (χ1n) is 8.97. The van der Waals surface area contributed by atoms with Crippen LogP contribution in [0.5, 0.6) is 5.75 Å². The molecule has 1 unspecified atom stereocenters. The Morgan fingerprint density at radius 1 is 1.19 bits per heavy atom. The number of hydrogen-bond donors (Lipinski definition) is 0. The van der Waals surface area contributed by atoms with Crippen LogP contribution in [0.4, 0.5) is 0 Å². The van der Waals surface area contributed by atoms with Gasteiger partial charge in [-0.25, -0.2) is 9.67 Å². The molecular formula is C21H22ClN3O2. The first-order chi connectivity index (χ1) is 13.1. The third-order valence-corrected chi connectivity index (χ3v) is 4.57. The largest absolute Gasteiger partial charge is 0.494 e. The summed E-state index contributed by atoms with van der Waals surface area (Å²) in [6.07, 6.45) is 5.40. The number of carbonyl (C=O) groups excluding carboxylic acids is 1. The number of Topliss-reactive ketones (excluding diaryl/α,β-unsaturated/α-hetero) is 1. The molecule has 0 bridgehead atoms. The van der Waals surface area contributed by atoms with Crippen LogP contribution >= 0.6 is 11.6 Å². The zero-order valence-electron chi connectivity index (χ0n) is 15.2. The Bertz CT molecular complexity index is 863. The van der Waals surface area contributed by atoms with Gasteiger partial charge in [-0.2, -0.15) is 5.10 Å². The molecule has 3 rings (SSSR count). The molecule has 0 amide bonds. The van der Waals surface area contributed by atoms with Crippen molar-refractivity contribution in [1.82, 2.24) is 14.8 Å². The Hall–Kier alpha value is -2.66. The van der Waals surface area contributed by atoms with E-state index in [1.54, 1.807) is 35.3 Å². The van der Waals surface area contributed by atoms with Crippen molar-refractivity contribution >= 4 is 17.4 Å². The predicted molar refractivity (Wildman–Crippen MR) is 105 cm³/mol. The van der Waals surface area contributed by atoms with Crippen LogP contribution in [0, 0.1) is 6.92 Å². The van der Waals surface area contributed by atoms with Crippen molar-refractivity contribution in [3.8, 4) is 5.75 Å². The molecule has 5 nitrogen and oxygen atoms in total. The second-order valence-corrected chi connectivity index (χ2v) is 6.86. The molecule has 1 aromatic heterocycles. The first kappa shape index (κ1) is 19.1. The van der Waals surface area contributed by atoms with E-state index in [0.29, 0.717) is 23.6 Å². The molecule has 0 N–H and O–H groups in total. The number of unbranched alkanes of at least 4 members (excludes halogenated alkanes) is 1. The van der Waals surface area contributed by atoms with E-state index in [2.05, 4.69) is 10.1 Å². The fraction of sp³-hybridized carbons (Fsp3) is 0.286. The van der Waals surface area contributed by atoms with Gasteiger partial charge >= 0.3 is 0 Å². The number of carbonyl (C=O) groups is 1.